The molecule has 2 N–H and O–H groups in total. The van der Waals surface area contributed by atoms with Gasteiger partial charge in [0, 0.05) is 26.3 Å². The van der Waals surface area contributed by atoms with Gasteiger partial charge in [0.25, 0.3) is 0 Å². The molecule has 0 aliphatic heterocycles. The molecule has 0 atom stereocenters. The van der Waals surface area contributed by atoms with Crippen LogP contribution >= 0.6 is 0 Å². The van der Waals surface area contributed by atoms with Crippen LogP contribution in [0, 0.1) is 0 Å². The Morgan fingerprint density at radius 1 is 1.39 bits per heavy atom. The van der Waals surface area contributed by atoms with E-state index in [0.29, 0.717) is 11.4 Å². The molecule has 7 heteroatoms. The molecule has 1 heterocycles. The van der Waals surface area contributed by atoms with Gasteiger partial charge < -0.3 is 10.4 Å². The van der Waals surface area contributed by atoms with Gasteiger partial charge in [-0.2, -0.15) is 13.2 Å². The van der Waals surface area contributed by atoms with Crippen LogP contribution in [-0.4, -0.2) is 47.9 Å². The molecule has 0 amide bonds. The molecule has 1 rings (SSSR count). The number of rotatable bonds is 6. The number of nitrogens with one attached hydrogen (secondary N) is 1. The molecule has 4 nitrogen and oxygen atoms in total. The van der Waals surface area contributed by atoms with Gasteiger partial charge in [0.15, 0.2) is 0 Å². The normalized spacial score (nSPS) is 11.9. The Hall–Kier alpha value is -1.34. The number of hydrogen-bond acceptors (Lipinski definition) is 4. The third-order valence-corrected chi connectivity index (χ3v) is 2.31. The lowest BCUT2D eigenvalue weighted by Crippen LogP contribution is -2.35. The Labute approximate surface area is 103 Å². The van der Waals surface area contributed by atoms with Crippen molar-refractivity contribution < 1.29 is 18.3 Å². The van der Waals surface area contributed by atoms with Crippen molar-refractivity contribution in [2.45, 2.75) is 12.7 Å². The third-order valence-electron chi connectivity index (χ3n) is 2.31. The van der Waals surface area contributed by atoms with Crippen LogP contribution in [0.15, 0.2) is 18.3 Å². The molecule has 1 aromatic rings. The van der Waals surface area contributed by atoms with Gasteiger partial charge in [0.2, 0.25) is 0 Å². The maximum absolute atomic E-state index is 12.3. The SMILES string of the molecule is CNc1ccc(CN(CCO)CC(F)(F)F)cn1. The molecule has 0 radical (unpaired) electrons. The van der Waals surface area contributed by atoms with Gasteiger partial charge in [0.1, 0.15) is 5.82 Å². The third kappa shape index (κ3) is 5.33. The van der Waals surface area contributed by atoms with Gasteiger partial charge in [-0.25, -0.2) is 4.98 Å². The number of halogens is 3. The lowest BCUT2D eigenvalue weighted by atomic mass is 10.2. The van der Waals surface area contributed by atoms with Gasteiger partial charge in [0.05, 0.1) is 13.2 Å². The maximum Gasteiger partial charge on any atom is 0.401 e. The van der Waals surface area contributed by atoms with Crippen molar-refractivity contribution in [3.05, 3.63) is 23.9 Å². The number of nitrogens with zero attached hydrogens (tertiary/aromatic N) is 2. The topological polar surface area (TPSA) is 48.4 Å². The molecule has 1 aromatic heterocycles. The average molecular weight is 263 g/mol. The molecule has 0 saturated heterocycles. The van der Waals surface area contributed by atoms with Crippen molar-refractivity contribution in [2.75, 3.05) is 32.1 Å². The van der Waals surface area contributed by atoms with Crippen LogP contribution in [0.25, 0.3) is 0 Å². The number of aliphatic hydroxyl groups is 1. The van der Waals surface area contributed by atoms with Crippen LogP contribution in [0.5, 0.6) is 0 Å². The van der Waals surface area contributed by atoms with E-state index in [4.69, 9.17) is 5.11 Å². The molecular weight excluding hydrogens is 247 g/mol. The van der Waals surface area contributed by atoms with Crippen LogP contribution in [0.2, 0.25) is 0 Å². The zero-order valence-electron chi connectivity index (χ0n) is 10.0. The predicted molar refractivity (Wildman–Crippen MR) is 62.2 cm³/mol. The fourth-order valence-corrected chi connectivity index (χ4v) is 1.53. The number of anilines is 1. The number of aromatic nitrogens is 1. The monoisotopic (exact) mass is 263 g/mol. The van der Waals surface area contributed by atoms with Crippen LogP contribution in [-0.2, 0) is 6.54 Å². The van der Waals surface area contributed by atoms with E-state index in [1.165, 1.54) is 6.20 Å². The van der Waals surface area contributed by atoms with E-state index in [1.54, 1.807) is 19.2 Å². The summed E-state index contributed by atoms with van der Waals surface area (Å²) >= 11 is 0. The Morgan fingerprint density at radius 2 is 2.11 bits per heavy atom. The molecular formula is C11H16F3N3O. The quantitative estimate of drug-likeness (QED) is 0.816. The summed E-state index contributed by atoms with van der Waals surface area (Å²) in [6.45, 7) is -1.26. The molecule has 0 spiro atoms. The molecule has 18 heavy (non-hydrogen) atoms. The van der Waals surface area contributed by atoms with E-state index in [2.05, 4.69) is 10.3 Å². The van der Waals surface area contributed by atoms with E-state index in [9.17, 15) is 13.2 Å². The lowest BCUT2D eigenvalue weighted by Gasteiger charge is -2.22. The first kappa shape index (κ1) is 14.7. The second-order valence-electron chi connectivity index (χ2n) is 3.85. The lowest BCUT2D eigenvalue weighted by molar-refractivity contribution is -0.147. The first-order valence-electron chi connectivity index (χ1n) is 5.47. The number of hydrogen-bond donors (Lipinski definition) is 2. The van der Waals surface area contributed by atoms with Crippen LogP contribution in [0.4, 0.5) is 19.0 Å². The largest absolute Gasteiger partial charge is 0.401 e. The van der Waals surface area contributed by atoms with Crippen molar-refractivity contribution in [3.63, 3.8) is 0 Å². The number of pyridine rings is 1. The molecule has 0 unspecified atom stereocenters. The molecule has 0 aromatic carbocycles. The van der Waals surface area contributed by atoms with E-state index in [-0.39, 0.29) is 19.7 Å². The number of aliphatic hydroxyl groups excluding tert-OH is 1. The summed E-state index contributed by atoms with van der Waals surface area (Å²) in [5.74, 6) is 0.656. The minimum absolute atomic E-state index is 0.0205. The maximum atomic E-state index is 12.3. The standard InChI is InChI=1S/C11H16F3N3O/c1-15-10-3-2-9(6-16-10)7-17(4-5-18)8-11(12,13)14/h2-3,6,18H,4-5,7-8H2,1H3,(H,15,16). The van der Waals surface area contributed by atoms with Gasteiger partial charge in [-0.3, -0.25) is 4.90 Å². The Kier molecular flexibility index (Phi) is 5.36. The van der Waals surface area contributed by atoms with Gasteiger partial charge in [-0.05, 0) is 11.6 Å². The second kappa shape index (κ2) is 6.55. The van der Waals surface area contributed by atoms with Crippen molar-refractivity contribution in [3.8, 4) is 0 Å². The van der Waals surface area contributed by atoms with E-state index >= 15 is 0 Å². The minimum atomic E-state index is -4.27. The predicted octanol–water partition coefficient (Wildman–Crippen LogP) is 1.48. The highest BCUT2D eigenvalue weighted by Gasteiger charge is 2.30. The van der Waals surface area contributed by atoms with Gasteiger partial charge >= 0.3 is 6.18 Å². The summed E-state index contributed by atoms with van der Waals surface area (Å²) in [5.41, 5.74) is 0.673. The van der Waals surface area contributed by atoms with E-state index in [1.807, 2.05) is 0 Å². The van der Waals surface area contributed by atoms with Crippen LogP contribution < -0.4 is 5.32 Å². The van der Waals surface area contributed by atoms with Crippen LogP contribution in [0.3, 0.4) is 0 Å². The molecule has 102 valence electrons. The summed E-state index contributed by atoms with van der Waals surface area (Å²) in [6.07, 6.45) is -2.75. The zero-order chi connectivity index (χ0) is 13.6. The van der Waals surface area contributed by atoms with Gasteiger partial charge in [-0.1, -0.05) is 6.07 Å². The summed E-state index contributed by atoms with van der Waals surface area (Å²) < 4.78 is 36.9. The molecule has 0 aliphatic carbocycles. The smallest absolute Gasteiger partial charge is 0.395 e. The summed E-state index contributed by atoms with van der Waals surface area (Å²) in [4.78, 5) is 5.16. The molecule has 0 fully saturated rings. The first-order valence-corrected chi connectivity index (χ1v) is 5.47. The fraction of sp³-hybridized carbons (Fsp3) is 0.545. The minimum Gasteiger partial charge on any atom is -0.395 e. The number of alkyl halides is 3. The van der Waals surface area contributed by atoms with Gasteiger partial charge in [-0.15, -0.1) is 0 Å². The molecule has 0 saturated carbocycles. The summed E-state index contributed by atoms with van der Waals surface area (Å²) in [5, 5.41) is 11.6. The van der Waals surface area contributed by atoms with Crippen molar-refractivity contribution in [1.29, 1.82) is 0 Å². The molecule has 0 aliphatic rings. The van der Waals surface area contributed by atoms with E-state index in [0.717, 1.165) is 4.90 Å². The Bertz CT molecular complexity index is 354. The average Bonchev–Trinajstić information content (AvgIpc) is 2.28. The summed E-state index contributed by atoms with van der Waals surface area (Å²) in [7, 11) is 1.71. The second-order valence-corrected chi connectivity index (χ2v) is 3.85. The zero-order valence-corrected chi connectivity index (χ0v) is 10.0. The van der Waals surface area contributed by atoms with Crippen molar-refractivity contribution in [1.82, 2.24) is 9.88 Å². The Morgan fingerprint density at radius 3 is 2.56 bits per heavy atom. The highest BCUT2D eigenvalue weighted by atomic mass is 19.4. The van der Waals surface area contributed by atoms with E-state index < -0.39 is 12.7 Å². The summed E-state index contributed by atoms with van der Waals surface area (Å²) in [6, 6.07) is 3.40. The Balaban J connectivity index is 2.64. The molecule has 0 bridgehead atoms. The first-order chi connectivity index (χ1) is 8.44. The van der Waals surface area contributed by atoms with Crippen LogP contribution in [0.1, 0.15) is 5.56 Å². The highest BCUT2D eigenvalue weighted by molar-refractivity contribution is 5.34. The van der Waals surface area contributed by atoms with Crippen molar-refractivity contribution >= 4 is 5.82 Å². The van der Waals surface area contributed by atoms with Crippen molar-refractivity contribution in [2.24, 2.45) is 0 Å². The highest BCUT2D eigenvalue weighted by Crippen LogP contribution is 2.18. The fourth-order valence-electron chi connectivity index (χ4n) is 1.53.